The molecule has 8 heteroatoms. The highest BCUT2D eigenvalue weighted by atomic mass is 19.4. The summed E-state index contributed by atoms with van der Waals surface area (Å²) in [6, 6.07) is 10.7. The number of carbonyl (C=O) groups is 1. The second kappa shape index (κ2) is 7.30. The summed E-state index contributed by atoms with van der Waals surface area (Å²) in [5.41, 5.74) is 0.929. The molecule has 0 radical (unpaired) electrons. The molecule has 3 aromatic rings. The average Bonchev–Trinajstić information content (AvgIpc) is 3.15. The third-order valence-electron chi connectivity index (χ3n) is 3.52. The first-order chi connectivity index (χ1) is 12.4. The normalized spacial score (nSPS) is 11.2. The quantitative estimate of drug-likeness (QED) is 0.709. The van der Waals surface area contributed by atoms with Gasteiger partial charge in [-0.15, -0.1) is 0 Å². The summed E-state index contributed by atoms with van der Waals surface area (Å²) >= 11 is 0. The molecule has 2 aromatic heterocycles. The van der Waals surface area contributed by atoms with E-state index in [1.807, 2.05) is 0 Å². The van der Waals surface area contributed by atoms with E-state index in [1.165, 1.54) is 12.1 Å². The van der Waals surface area contributed by atoms with Crippen molar-refractivity contribution in [1.82, 2.24) is 10.3 Å². The number of carbonyl (C=O) groups excluding carboxylic acids is 1. The lowest BCUT2D eigenvalue weighted by Gasteiger charge is -2.10. The number of urea groups is 1. The van der Waals surface area contributed by atoms with Gasteiger partial charge in [0.05, 0.1) is 11.8 Å². The number of aromatic nitrogens is 1. The topological polar surface area (TPSA) is 67.2 Å². The number of benzene rings is 1. The van der Waals surface area contributed by atoms with Crippen molar-refractivity contribution in [3.8, 4) is 11.5 Å². The second-order valence-electron chi connectivity index (χ2n) is 5.41. The Morgan fingerprint density at radius 1 is 1.12 bits per heavy atom. The molecule has 0 aliphatic heterocycles. The molecular formula is C18H14F3N3O2. The average molecular weight is 361 g/mol. The Balaban J connectivity index is 1.57. The highest BCUT2D eigenvalue weighted by Crippen LogP contribution is 2.29. The van der Waals surface area contributed by atoms with E-state index >= 15 is 0 Å². The lowest BCUT2D eigenvalue weighted by Crippen LogP contribution is -2.28. The molecule has 2 heterocycles. The Morgan fingerprint density at radius 2 is 1.88 bits per heavy atom. The van der Waals surface area contributed by atoms with Gasteiger partial charge in [-0.25, -0.2) is 4.79 Å². The van der Waals surface area contributed by atoms with Crippen molar-refractivity contribution in [2.45, 2.75) is 12.7 Å². The Labute approximate surface area is 146 Å². The smallest absolute Gasteiger partial charge is 0.416 e. The van der Waals surface area contributed by atoms with Gasteiger partial charge in [0.25, 0.3) is 0 Å². The van der Waals surface area contributed by atoms with Crippen LogP contribution in [0.15, 0.2) is 65.4 Å². The van der Waals surface area contributed by atoms with Gasteiger partial charge in [-0.05, 0) is 54.1 Å². The van der Waals surface area contributed by atoms with E-state index in [1.54, 1.807) is 36.7 Å². The number of halogens is 3. The zero-order valence-electron chi connectivity index (χ0n) is 13.4. The highest BCUT2D eigenvalue weighted by molar-refractivity contribution is 5.89. The molecule has 134 valence electrons. The van der Waals surface area contributed by atoms with Crippen LogP contribution in [0, 0.1) is 0 Å². The van der Waals surface area contributed by atoms with Crippen LogP contribution in [0.1, 0.15) is 11.1 Å². The van der Waals surface area contributed by atoms with Crippen LogP contribution in [0.3, 0.4) is 0 Å². The van der Waals surface area contributed by atoms with Crippen LogP contribution in [0.5, 0.6) is 0 Å². The number of rotatable bonds is 4. The number of nitrogens with zero attached hydrogens (tertiary/aromatic N) is 1. The van der Waals surface area contributed by atoms with Crippen LogP contribution in [-0.4, -0.2) is 11.0 Å². The molecule has 0 saturated heterocycles. The van der Waals surface area contributed by atoms with Gasteiger partial charge in [0, 0.05) is 18.4 Å². The van der Waals surface area contributed by atoms with Gasteiger partial charge in [0.2, 0.25) is 0 Å². The maximum atomic E-state index is 12.5. The van der Waals surface area contributed by atoms with Crippen LogP contribution < -0.4 is 10.6 Å². The summed E-state index contributed by atoms with van der Waals surface area (Å²) in [5, 5.41) is 5.12. The molecule has 0 saturated carbocycles. The Morgan fingerprint density at radius 3 is 2.54 bits per heavy atom. The summed E-state index contributed by atoms with van der Waals surface area (Å²) in [4.78, 5) is 16.1. The Kier molecular flexibility index (Phi) is 4.92. The summed E-state index contributed by atoms with van der Waals surface area (Å²) in [7, 11) is 0. The van der Waals surface area contributed by atoms with E-state index in [4.69, 9.17) is 4.42 Å². The third kappa shape index (κ3) is 4.41. The standard InChI is InChI=1S/C18H14F3N3O2/c19-18(20,21)13-3-5-14(6-4-13)24-17(25)23-11-12-7-8-22-15(10-12)16-2-1-9-26-16/h1-10H,11H2,(H2,23,24,25). The molecule has 0 aliphatic carbocycles. The van der Waals surface area contributed by atoms with Crippen molar-refractivity contribution in [1.29, 1.82) is 0 Å². The molecular weight excluding hydrogens is 347 g/mol. The van der Waals surface area contributed by atoms with Crippen LogP contribution in [-0.2, 0) is 12.7 Å². The first-order valence-electron chi connectivity index (χ1n) is 7.63. The minimum absolute atomic E-state index is 0.225. The van der Waals surface area contributed by atoms with Crippen molar-refractivity contribution in [2.75, 3.05) is 5.32 Å². The third-order valence-corrected chi connectivity index (χ3v) is 3.52. The molecule has 2 N–H and O–H groups in total. The zero-order chi connectivity index (χ0) is 18.6. The minimum atomic E-state index is -4.41. The first-order valence-corrected chi connectivity index (χ1v) is 7.63. The summed E-state index contributed by atoms with van der Waals surface area (Å²) < 4.78 is 42.8. The molecule has 0 fully saturated rings. The van der Waals surface area contributed by atoms with E-state index in [2.05, 4.69) is 15.6 Å². The lowest BCUT2D eigenvalue weighted by atomic mass is 10.2. The van der Waals surface area contributed by atoms with Crippen LogP contribution in [0.2, 0.25) is 0 Å². The van der Waals surface area contributed by atoms with Gasteiger partial charge in [0.1, 0.15) is 5.69 Å². The summed E-state index contributed by atoms with van der Waals surface area (Å²) in [5.74, 6) is 0.612. The van der Waals surface area contributed by atoms with Gasteiger partial charge < -0.3 is 15.1 Å². The fraction of sp³-hybridized carbons (Fsp3) is 0.111. The van der Waals surface area contributed by atoms with Gasteiger partial charge in [-0.2, -0.15) is 13.2 Å². The van der Waals surface area contributed by atoms with Crippen molar-refractivity contribution in [3.63, 3.8) is 0 Å². The lowest BCUT2D eigenvalue weighted by molar-refractivity contribution is -0.137. The fourth-order valence-electron chi connectivity index (χ4n) is 2.24. The number of alkyl halides is 3. The predicted molar refractivity (Wildman–Crippen MR) is 89.2 cm³/mol. The minimum Gasteiger partial charge on any atom is -0.463 e. The first kappa shape index (κ1) is 17.5. The van der Waals surface area contributed by atoms with E-state index in [9.17, 15) is 18.0 Å². The van der Waals surface area contributed by atoms with Gasteiger partial charge in [-0.1, -0.05) is 0 Å². The number of hydrogen-bond donors (Lipinski definition) is 2. The second-order valence-corrected chi connectivity index (χ2v) is 5.41. The molecule has 26 heavy (non-hydrogen) atoms. The predicted octanol–water partition coefficient (Wildman–Crippen LogP) is 4.68. The number of hydrogen-bond acceptors (Lipinski definition) is 3. The number of anilines is 1. The maximum Gasteiger partial charge on any atom is 0.416 e. The molecule has 1 aromatic carbocycles. The van der Waals surface area contributed by atoms with Crippen molar-refractivity contribution >= 4 is 11.7 Å². The van der Waals surface area contributed by atoms with E-state index < -0.39 is 17.8 Å². The molecule has 0 aliphatic rings. The van der Waals surface area contributed by atoms with E-state index in [-0.39, 0.29) is 12.2 Å². The van der Waals surface area contributed by atoms with Gasteiger partial charge in [0.15, 0.2) is 5.76 Å². The molecule has 0 spiro atoms. The number of amides is 2. The zero-order valence-corrected chi connectivity index (χ0v) is 13.4. The van der Waals surface area contributed by atoms with Crippen molar-refractivity contribution < 1.29 is 22.4 Å². The number of nitrogens with one attached hydrogen (secondary N) is 2. The SMILES string of the molecule is O=C(NCc1ccnc(-c2ccco2)c1)Nc1ccc(C(F)(F)F)cc1. The number of furan rings is 1. The van der Waals surface area contributed by atoms with Gasteiger partial charge >= 0.3 is 12.2 Å². The van der Waals surface area contributed by atoms with Crippen molar-refractivity contribution in [2.24, 2.45) is 0 Å². The van der Waals surface area contributed by atoms with Crippen LogP contribution >= 0.6 is 0 Å². The molecule has 3 rings (SSSR count). The Bertz CT molecular complexity index is 875. The van der Waals surface area contributed by atoms with Crippen LogP contribution in [0.4, 0.5) is 23.7 Å². The van der Waals surface area contributed by atoms with E-state index in [0.29, 0.717) is 11.5 Å². The maximum absolute atomic E-state index is 12.5. The highest BCUT2D eigenvalue weighted by Gasteiger charge is 2.29. The van der Waals surface area contributed by atoms with Gasteiger partial charge in [-0.3, -0.25) is 4.98 Å². The summed E-state index contributed by atoms with van der Waals surface area (Å²) in [6.07, 6.45) is -1.27. The molecule has 0 bridgehead atoms. The molecule has 5 nitrogen and oxygen atoms in total. The molecule has 2 amide bonds. The monoisotopic (exact) mass is 361 g/mol. The fourth-order valence-corrected chi connectivity index (χ4v) is 2.24. The largest absolute Gasteiger partial charge is 0.463 e. The van der Waals surface area contributed by atoms with E-state index in [0.717, 1.165) is 17.7 Å². The molecule has 0 atom stereocenters. The number of pyridine rings is 1. The van der Waals surface area contributed by atoms with Crippen LogP contribution in [0.25, 0.3) is 11.5 Å². The Hall–Kier alpha value is -3.29. The van der Waals surface area contributed by atoms with Crippen molar-refractivity contribution in [3.05, 3.63) is 72.1 Å². The molecule has 0 unspecified atom stereocenters. The summed E-state index contributed by atoms with van der Waals surface area (Å²) in [6.45, 7) is 0.225.